The highest BCUT2D eigenvalue weighted by molar-refractivity contribution is 7.80. The van der Waals surface area contributed by atoms with Crippen LogP contribution in [0.15, 0.2) is 36.4 Å². The summed E-state index contributed by atoms with van der Waals surface area (Å²) in [4.78, 5) is 0. The number of halogens is 3. The molecule has 2 N–H and O–H groups in total. The third kappa shape index (κ3) is 3.82. The first-order chi connectivity index (χ1) is 9.45. The van der Waals surface area contributed by atoms with Crippen molar-refractivity contribution in [2.75, 3.05) is 10.6 Å². The number of anilines is 2. The van der Waals surface area contributed by atoms with Crippen molar-refractivity contribution in [1.82, 2.24) is 0 Å². The molecule has 0 aliphatic rings. The van der Waals surface area contributed by atoms with Crippen molar-refractivity contribution in [1.29, 1.82) is 0 Å². The summed E-state index contributed by atoms with van der Waals surface area (Å²) in [6.45, 7) is 1.94. The van der Waals surface area contributed by atoms with Crippen LogP contribution in [-0.4, -0.2) is 5.11 Å². The Bertz CT molecular complexity index is 662. The van der Waals surface area contributed by atoms with Gasteiger partial charge >= 0.3 is 0 Å². The van der Waals surface area contributed by atoms with Crippen LogP contribution in [0.1, 0.15) is 5.56 Å². The van der Waals surface area contributed by atoms with Crippen LogP contribution in [0.25, 0.3) is 0 Å². The number of nitrogens with one attached hydrogen (secondary N) is 2. The Labute approximate surface area is 131 Å². The van der Waals surface area contributed by atoms with E-state index in [0.717, 1.165) is 11.3 Å². The minimum Gasteiger partial charge on any atom is -0.332 e. The van der Waals surface area contributed by atoms with Gasteiger partial charge in [-0.2, -0.15) is 0 Å². The van der Waals surface area contributed by atoms with Gasteiger partial charge in [0.25, 0.3) is 0 Å². The number of aryl methyl sites for hydroxylation is 1. The molecule has 2 aromatic carbocycles. The van der Waals surface area contributed by atoms with Crippen LogP contribution in [0.2, 0.25) is 10.0 Å². The molecule has 0 fully saturated rings. The second kappa shape index (κ2) is 6.39. The van der Waals surface area contributed by atoms with E-state index < -0.39 is 5.82 Å². The maximum Gasteiger partial charge on any atom is 0.175 e. The van der Waals surface area contributed by atoms with Crippen LogP contribution >= 0.6 is 35.4 Å². The molecule has 0 amide bonds. The molecule has 0 saturated heterocycles. The maximum atomic E-state index is 13.0. The first kappa shape index (κ1) is 15.0. The van der Waals surface area contributed by atoms with E-state index in [4.69, 9.17) is 35.4 Å². The Hall–Kier alpha value is -1.36. The van der Waals surface area contributed by atoms with Gasteiger partial charge in [-0.05, 0) is 55.0 Å². The molecule has 0 aliphatic heterocycles. The molecule has 0 spiro atoms. The Morgan fingerprint density at radius 1 is 1.05 bits per heavy atom. The SMILES string of the molecule is Cc1ccc(Cl)cc1NC(=S)Nc1ccc(F)cc1Cl. The molecule has 0 saturated carbocycles. The molecule has 0 aliphatic carbocycles. The predicted molar refractivity (Wildman–Crippen MR) is 87.4 cm³/mol. The van der Waals surface area contributed by atoms with Crippen molar-refractivity contribution in [3.63, 3.8) is 0 Å². The van der Waals surface area contributed by atoms with E-state index in [1.54, 1.807) is 12.1 Å². The summed E-state index contributed by atoms with van der Waals surface area (Å²) in [5, 5.41) is 7.16. The first-order valence-electron chi connectivity index (χ1n) is 5.75. The number of benzene rings is 2. The van der Waals surface area contributed by atoms with Crippen molar-refractivity contribution in [2.45, 2.75) is 6.92 Å². The molecule has 2 nitrogen and oxygen atoms in total. The third-order valence-electron chi connectivity index (χ3n) is 2.63. The summed E-state index contributed by atoms with van der Waals surface area (Å²) in [6.07, 6.45) is 0. The van der Waals surface area contributed by atoms with Crippen molar-refractivity contribution in [3.05, 3.63) is 57.8 Å². The summed E-state index contributed by atoms with van der Waals surface area (Å²) in [7, 11) is 0. The fourth-order valence-corrected chi connectivity index (χ4v) is 2.20. The highest BCUT2D eigenvalue weighted by Gasteiger charge is 2.06. The van der Waals surface area contributed by atoms with Gasteiger partial charge in [-0.3, -0.25) is 0 Å². The molecular weight excluding hydrogens is 318 g/mol. The maximum absolute atomic E-state index is 13.0. The normalized spacial score (nSPS) is 10.2. The smallest absolute Gasteiger partial charge is 0.175 e. The Morgan fingerprint density at radius 2 is 1.75 bits per heavy atom. The highest BCUT2D eigenvalue weighted by Crippen LogP contribution is 2.24. The quantitative estimate of drug-likeness (QED) is 0.736. The van der Waals surface area contributed by atoms with E-state index >= 15 is 0 Å². The predicted octanol–water partition coefficient (Wildman–Crippen LogP) is 5.25. The molecule has 0 bridgehead atoms. The zero-order valence-electron chi connectivity index (χ0n) is 10.5. The van der Waals surface area contributed by atoms with Crippen LogP contribution in [0.3, 0.4) is 0 Å². The van der Waals surface area contributed by atoms with Crippen molar-refractivity contribution >= 4 is 51.9 Å². The lowest BCUT2D eigenvalue weighted by molar-refractivity contribution is 0.628. The minimum atomic E-state index is -0.398. The van der Waals surface area contributed by atoms with Crippen LogP contribution in [-0.2, 0) is 0 Å². The fourth-order valence-electron chi connectivity index (χ4n) is 1.60. The lowest BCUT2D eigenvalue weighted by Gasteiger charge is -2.13. The molecular formula is C14H11Cl2FN2S. The second-order valence-corrected chi connectivity index (χ2v) is 5.41. The van der Waals surface area contributed by atoms with E-state index in [9.17, 15) is 4.39 Å². The Kier molecular flexibility index (Phi) is 4.81. The fraction of sp³-hybridized carbons (Fsp3) is 0.0714. The number of thiocarbonyl (C=S) groups is 1. The summed E-state index contributed by atoms with van der Waals surface area (Å²) in [6, 6.07) is 9.51. The van der Waals surface area contributed by atoms with Crippen LogP contribution < -0.4 is 10.6 Å². The van der Waals surface area contributed by atoms with Gasteiger partial charge in [-0.1, -0.05) is 29.3 Å². The molecule has 0 radical (unpaired) electrons. The summed E-state index contributed by atoms with van der Waals surface area (Å²) >= 11 is 17.1. The van der Waals surface area contributed by atoms with Gasteiger partial charge in [0.15, 0.2) is 5.11 Å². The Morgan fingerprint density at radius 3 is 2.45 bits per heavy atom. The van der Waals surface area contributed by atoms with E-state index in [2.05, 4.69) is 10.6 Å². The van der Waals surface area contributed by atoms with Crippen molar-refractivity contribution in [2.24, 2.45) is 0 Å². The zero-order valence-corrected chi connectivity index (χ0v) is 12.8. The second-order valence-electron chi connectivity index (χ2n) is 4.16. The van der Waals surface area contributed by atoms with Gasteiger partial charge in [-0.25, -0.2) is 4.39 Å². The zero-order chi connectivity index (χ0) is 14.7. The Balaban J connectivity index is 2.11. The minimum absolute atomic E-state index is 0.261. The summed E-state index contributed by atoms with van der Waals surface area (Å²) in [5.41, 5.74) is 2.34. The third-order valence-corrected chi connectivity index (χ3v) is 3.38. The van der Waals surface area contributed by atoms with E-state index in [0.29, 0.717) is 15.8 Å². The lowest BCUT2D eigenvalue weighted by Crippen LogP contribution is -2.19. The van der Waals surface area contributed by atoms with Gasteiger partial charge in [0, 0.05) is 10.7 Å². The van der Waals surface area contributed by atoms with Gasteiger partial charge in [0.05, 0.1) is 10.7 Å². The van der Waals surface area contributed by atoms with Gasteiger partial charge in [-0.15, -0.1) is 0 Å². The number of hydrogen-bond donors (Lipinski definition) is 2. The molecule has 104 valence electrons. The van der Waals surface area contributed by atoms with E-state index in [1.807, 2.05) is 13.0 Å². The van der Waals surface area contributed by atoms with Crippen LogP contribution in [0, 0.1) is 12.7 Å². The number of rotatable bonds is 2. The summed E-state index contributed by atoms with van der Waals surface area (Å²) in [5.74, 6) is -0.398. The first-order valence-corrected chi connectivity index (χ1v) is 6.91. The van der Waals surface area contributed by atoms with Crippen LogP contribution in [0.5, 0.6) is 0 Å². The molecule has 2 aromatic rings. The molecule has 2 rings (SSSR count). The molecule has 6 heteroatoms. The van der Waals surface area contributed by atoms with Gasteiger partial charge in [0.2, 0.25) is 0 Å². The average molecular weight is 329 g/mol. The molecule has 20 heavy (non-hydrogen) atoms. The average Bonchev–Trinajstić information content (AvgIpc) is 2.37. The lowest BCUT2D eigenvalue weighted by atomic mass is 10.2. The van der Waals surface area contributed by atoms with Gasteiger partial charge in [0.1, 0.15) is 5.82 Å². The molecule has 0 unspecified atom stereocenters. The van der Waals surface area contributed by atoms with Gasteiger partial charge < -0.3 is 10.6 Å². The van der Waals surface area contributed by atoms with Crippen LogP contribution in [0.4, 0.5) is 15.8 Å². The molecule has 0 atom stereocenters. The summed E-state index contributed by atoms with van der Waals surface area (Å²) < 4.78 is 13.0. The van der Waals surface area contributed by atoms with E-state index in [-0.39, 0.29) is 5.02 Å². The molecule has 0 heterocycles. The highest BCUT2D eigenvalue weighted by atomic mass is 35.5. The number of hydrogen-bond acceptors (Lipinski definition) is 1. The van der Waals surface area contributed by atoms with Crippen molar-refractivity contribution in [3.8, 4) is 0 Å². The van der Waals surface area contributed by atoms with E-state index in [1.165, 1.54) is 18.2 Å². The monoisotopic (exact) mass is 328 g/mol. The molecule has 0 aromatic heterocycles. The largest absolute Gasteiger partial charge is 0.332 e. The topological polar surface area (TPSA) is 24.1 Å². The standard InChI is InChI=1S/C14H11Cl2FN2S/c1-8-2-3-9(15)6-13(8)19-14(20)18-12-5-4-10(17)7-11(12)16/h2-7H,1H3,(H2,18,19,20). The van der Waals surface area contributed by atoms with Crippen molar-refractivity contribution < 1.29 is 4.39 Å².